The number of rotatable bonds is 7. The van der Waals surface area contributed by atoms with E-state index in [1.165, 1.54) is 12.1 Å². The summed E-state index contributed by atoms with van der Waals surface area (Å²) in [6.07, 6.45) is -0.561. The van der Waals surface area contributed by atoms with Gasteiger partial charge in [0.05, 0.1) is 5.56 Å². The highest BCUT2D eigenvalue weighted by molar-refractivity contribution is 5.94. The Balaban J connectivity index is 1.26. The maximum Gasteiger partial charge on any atom is 0.407 e. The van der Waals surface area contributed by atoms with E-state index in [0.29, 0.717) is 5.69 Å². The van der Waals surface area contributed by atoms with Crippen LogP contribution in [0, 0.1) is 0 Å². The molecule has 3 aromatic rings. The zero-order valence-corrected chi connectivity index (χ0v) is 17.2. The molecule has 0 spiro atoms. The van der Waals surface area contributed by atoms with Crippen LogP contribution in [0.3, 0.4) is 0 Å². The van der Waals surface area contributed by atoms with Crippen molar-refractivity contribution in [2.24, 2.45) is 0 Å². The Morgan fingerprint density at radius 2 is 1.53 bits per heavy atom. The van der Waals surface area contributed by atoms with Crippen LogP contribution < -0.4 is 10.6 Å². The fourth-order valence-electron chi connectivity index (χ4n) is 3.88. The highest BCUT2D eigenvalue weighted by Crippen LogP contribution is 2.44. The summed E-state index contributed by atoms with van der Waals surface area (Å²) < 4.78 is 5.43. The molecule has 0 radical (unpaired) electrons. The molecule has 3 aromatic carbocycles. The zero-order valence-electron chi connectivity index (χ0n) is 17.2. The largest absolute Gasteiger partial charge is 0.478 e. The van der Waals surface area contributed by atoms with Crippen molar-refractivity contribution in [2.75, 3.05) is 18.5 Å². The van der Waals surface area contributed by atoms with Crippen molar-refractivity contribution >= 4 is 23.7 Å². The lowest BCUT2D eigenvalue weighted by Gasteiger charge is -2.14. The van der Waals surface area contributed by atoms with E-state index >= 15 is 0 Å². The van der Waals surface area contributed by atoms with Crippen LogP contribution in [-0.2, 0) is 9.53 Å². The first-order chi connectivity index (χ1) is 15.5. The Morgan fingerprint density at radius 1 is 0.875 bits per heavy atom. The van der Waals surface area contributed by atoms with Crippen LogP contribution in [0.15, 0.2) is 72.8 Å². The van der Waals surface area contributed by atoms with E-state index in [4.69, 9.17) is 9.84 Å². The Hall–Kier alpha value is -4.13. The summed E-state index contributed by atoms with van der Waals surface area (Å²) in [5, 5.41) is 14.2. The van der Waals surface area contributed by atoms with Crippen LogP contribution >= 0.6 is 0 Å². The number of carbonyl (C=O) groups is 3. The minimum absolute atomic E-state index is 0.0293. The second-order valence-corrected chi connectivity index (χ2v) is 7.44. The summed E-state index contributed by atoms with van der Waals surface area (Å²) in [6.45, 7) is 0.301. The first-order valence-electron chi connectivity index (χ1n) is 10.2. The summed E-state index contributed by atoms with van der Waals surface area (Å²) >= 11 is 0. The number of ether oxygens (including phenoxy) is 1. The number of hydrogen-bond acceptors (Lipinski definition) is 4. The SMILES string of the molecule is O=C(CCNC(=O)OCC1c2ccccc2-c2ccccc21)Nc1cccc(C(=O)O)c1. The number of benzene rings is 3. The van der Waals surface area contributed by atoms with Crippen LogP contribution in [0.25, 0.3) is 11.1 Å². The van der Waals surface area contributed by atoms with Crippen LogP contribution in [0.1, 0.15) is 33.8 Å². The molecule has 32 heavy (non-hydrogen) atoms. The van der Waals surface area contributed by atoms with E-state index in [9.17, 15) is 14.4 Å². The number of carboxylic acid groups (broad SMARTS) is 1. The van der Waals surface area contributed by atoms with Gasteiger partial charge in [-0.3, -0.25) is 4.79 Å². The van der Waals surface area contributed by atoms with Gasteiger partial charge in [0.15, 0.2) is 0 Å². The summed E-state index contributed by atoms with van der Waals surface area (Å²) in [7, 11) is 0. The molecule has 4 rings (SSSR count). The van der Waals surface area contributed by atoms with Gasteiger partial charge < -0.3 is 20.5 Å². The van der Waals surface area contributed by atoms with Crippen LogP contribution in [-0.4, -0.2) is 36.2 Å². The number of anilines is 1. The maximum atomic E-state index is 12.2. The lowest BCUT2D eigenvalue weighted by Crippen LogP contribution is -2.29. The number of hydrogen-bond donors (Lipinski definition) is 3. The Morgan fingerprint density at radius 3 is 2.19 bits per heavy atom. The van der Waals surface area contributed by atoms with Gasteiger partial charge in [-0.05, 0) is 40.5 Å². The predicted molar refractivity (Wildman–Crippen MR) is 120 cm³/mol. The van der Waals surface area contributed by atoms with Gasteiger partial charge in [0.25, 0.3) is 0 Å². The molecule has 7 heteroatoms. The molecule has 162 valence electrons. The molecule has 0 aliphatic heterocycles. The maximum absolute atomic E-state index is 12.2. The summed E-state index contributed by atoms with van der Waals surface area (Å²) in [6, 6.07) is 22.1. The Labute approximate surface area is 185 Å². The lowest BCUT2D eigenvalue weighted by atomic mass is 9.98. The van der Waals surface area contributed by atoms with Crippen molar-refractivity contribution in [3.63, 3.8) is 0 Å². The zero-order chi connectivity index (χ0) is 22.5. The van der Waals surface area contributed by atoms with E-state index < -0.39 is 12.1 Å². The molecule has 0 heterocycles. The molecule has 0 fully saturated rings. The lowest BCUT2D eigenvalue weighted by molar-refractivity contribution is -0.116. The molecule has 3 N–H and O–H groups in total. The number of aromatic carboxylic acids is 1. The molecule has 0 atom stereocenters. The smallest absolute Gasteiger partial charge is 0.407 e. The number of carbonyl (C=O) groups excluding carboxylic acids is 2. The third-order valence-electron chi connectivity index (χ3n) is 5.36. The Kier molecular flexibility index (Phi) is 6.17. The van der Waals surface area contributed by atoms with Crippen LogP contribution in [0.5, 0.6) is 0 Å². The van der Waals surface area contributed by atoms with Crippen molar-refractivity contribution in [1.29, 1.82) is 0 Å². The molecule has 0 aromatic heterocycles. The fourth-order valence-corrected chi connectivity index (χ4v) is 3.88. The second-order valence-electron chi connectivity index (χ2n) is 7.44. The minimum atomic E-state index is -1.07. The third-order valence-corrected chi connectivity index (χ3v) is 5.36. The van der Waals surface area contributed by atoms with Gasteiger partial charge in [0.2, 0.25) is 5.91 Å². The average molecular weight is 430 g/mol. The van der Waals surface area contributed by atoms with Gasteiger partial charge in [-0.15, -0.1) is 0 Å². The van der Waals surface area contributed by atoms with E-state index in [1.54, 1.807) is 12.1 Å². The Bertz CT molecular complexity index is 1130. The number of nitrogens with one attached hydrogen (secondary N) is 2. The van der Waals surface area contributed by atoms with Crippen molar-refractivity contribution in [2.45, 2.75) is 12.3 Å². The first kappa shape index (κ1) is 21.1. The second kappa shape index (κ2) is 9.34. The van der Waals surface area contributed by atoms with Gasteiger partial charge in [-0.2, -0.15) is 0 Å². The van der Waals surface area contributed by atoms with E-state index in [1.807, 2.05) is 36.4 Å². The fraction of sp³-hybridized carbons (Fsp3) is 0.160. The molecule has 1 aliphatic carbocycles. The minimum Gasteiger partial charge on any atom is -0.478 e. The number of amides is 2. The third kappa shape index (κ3) is 4.62. The number of carboxylic acids is 1. The molecule has 1 aliphatic rings. The van der Waals surface area contributed by atoms with Crippen molar-refractivity contribution in [3.05, 3.63) is 89.5 Å². The number of alkyl carbamates (subject to hydrolysis) is 1. The van der Waals surface area contributed by atoms with Crippen LogP contribution in [0.2, 0.25) is 0 Å². The topological polar surface area (TPSA) is 105 Å². The van der Waals surface area contributed by atoms with Gasteiger partial charge in [0.1, 0.15) is 6.61 Å². The molecular formula is C25H22N2O5. The average Bonchev–Trinajstić information content (AvgIpc) is 3.11. The monoisotopic (exact) mass is 430 g/mol. The van der Waals surface area contributed by atoms with Crippen molar-refractivity contribution < 1.29 is 24.2 Å². The normalized spacial score (nSPS) is 11.9. The molecule has 0 saturated carbocycles. The molecule has 7 nitrogen and oxygen atoms in total. The summed E-state index contributed by atoms with van der Waals surface area (Å²) in [4.78, 5) is 35.2. The molecule has 0 bridgehead atoms. The van der Waals surface area contributed by atoms with Gasteiger partial charge in [-0.25, -0.2) is 9.59 Å². The molecule has 0 saturated heterocycles. The van der Waals surface area contributed by atoms with Gasteiger partial charge in [-0.1, -0.05) is 54.6 Å². The van der Waals surface area contributed by atoms with Crippen LogP contribution in [0.4, 0.5) is 10.5 Å². The number of fused-ring (bicyclic) bond motifs is 3. The van der Waals surface area contributed by atoms with E-state index in [2.05, 4.69) is 22.8 Å². The summed E-state index contributed by atoms with van der Waals surface area (Å²) in [5.74, 6) is -1.44. The first-order valence-corrected chi connectivity index (χ1v) is 10.2. The van der Waals surface area contributed by atoms with Gasteiger partial charge in [0, 0.05) is 24.6 Å². The highest BCUT2D eigenvalue weighted by Gasteiger charge is 2.28. The molecular weight excluding hydrogens is 408 g/mol. The van der Waals surface area contributed by atoms with Crippen molar-refractivity contribution in [1.82, 2.24) is 5.32 Å². The quantitative estimate of drug-likeness (QED) is 0.520. The predicted octanol–water partition coefficient (Wildman–Crippen LogP) is 4.25. The molecule has 0 unspecified atom stereocenters. The standard InChI is InChI=1S/C25H22N2O5/c28-23(27-17-7-5-6-16(14-17)24(29)30)12-13-26-25(31)32-15-22-20-10-3-1-8-18(20)19-9-2-4-11-21(19)22/h1-11,14,22H,12-13,15H2,(H,26,31)(H,27,28)(H,29,30). The van der Waals surface area contributed by atoms with E-state index in [-0.39, 0.29) is 37.0 Å². The van der Waals surface area contributed by atoms with Crippen molar-refractivity contribution in [3.8, 4) is 11.1 Å². The van der Waals surface area contributed by atoms with Gasteiger partial charge >= 0.3 is 12.1 Å². The summed E-state index contributed by atoms with van der Waals surface area (Å²) in [5.41, 5.74) is 5.03. The highest BCUT2D eigenvalue weighted by atomic mass is 16.5. The van der Waals surface area contributed by atoms with E-state index in [0.717, 1.165) is 22.3 Å². The molecule has 2 amide bonds.